The van der Waals surface area contributed by atoms with Crippen LogP contribution in [0.4, 0.5) is 5.69 Å². The van der Waals surface area contributed by atoms with E-state index in [1.807, 2.05) is 0 Å². The molecular formula is C20H29N3O6. The molecule has 0 aromatic heterocycles. The van der Waals surface area contributed by atoms with Crippen LogP contribution in [0.5, 0.6) is 0 Å². The lowest BCUT2D eigenvalue weighted by Gasteiger charge is -2.17. The summed E-state index contributed by atoms with van der Waals surface area (Å²) in [6, 6.07) is 5.61. The number of nitrogens with one attached hydrogen (secondary N) is 3. The van der Waals surface area contributed by atoms with Gasteiger partial charge in [-0.1, -0.05) is 0 Å². The molecule has 0 aliphatic rings. The summed E-state index contributed by atoms with van der Waals surface area (Å²) in [4.78, 5) is 36.1. The van der Waals surface area contributed by atoms with Crippen molar-refractivity contribution in [3.63, 3.8) is 0 Å². The lowest BCUT2D eigenvalue weighted by molar-refractivity contribution is -0.146. The normalized spacial score (nSPS) is 11.1. The van der Waals surface area contributed by atoms with Crippen LogP contribution in [0.25, 0.3) is 0 Å². The Bertz CT molecular complexity index is 690. The predicted molar refractivity (Wildman–Crippen MR) is 108 cm³/mol. The second-order valence-electron chi connectivity index (χ2n) is 5.91. The van der Waals surface area contributed by atoms with Crippen molar-refractivity contribution in [2.24, 2.45) is 0 Å². The third kappa shape index (κ3) is 9.09. The van der Waals surface area contributed by atoms with E-state index in [9.17, 15) is 14.4 Å². The highest BCUT2D eigenvalue weighted by molar-refractivity contribution is 5.97. The minimum Gasteiger partial charge on any atom is -0.480 e. The van der Waals surface area contributed by atoms with Crippen LogP contribution in [0, 0.1) is 5.41 Å². The topological polar surface area (TPSA) is 127 Å². The first-order chi connectivity index (χ1) is 13.9. The van der Waals surface area contributed by atoms with Crippen LogP contribution >= 0.6 is 0 Å². The monoisotopic (exact) mass is 407 g/mol. The summed E-state index contributed by atoms with van der Waals surface area (Å²) >= 11 is 0. The Balaban J connectivity index is 2.68. The number of benzene rings is 1. The van der Waals surface area contributed by atoms with Crippen molar-refractivity contribution >= 4 is 29.4 Å². The van der Waals surface area contributed by atoms with Crippen molar-refractivity contribution in [2.45, 2.75) is 39.7 Å². The standard InChI is InChI=1S/C20H29N3O6/c1-4-27-17(21)13-22-15-9-7-14(8-10-15)19(25)23-16(20(26)29-6-3)11-12-18(24)28-5-2/h7-10,16,21-22H,4-6,11-13H2,1-3H3,(H,23,25). The third-order valence-electron chi connectivity index (χ3n) is 3.74. The van der Waals surface area contributed by atoms with Crippen molar-refractivity contribution in [1.29, 1.82) is 5.41 Å². The fourth-order valence-corrected chi connectivity index (χ4v) is 2.38. The van der Waals surface area contributed by atoms with Gasteiger partial charge in [0.2, 0.25) is 0 Å². The molecule has 0 fully saturated rings. The number of hydrogen-bond acceptors (Lipinski definition) is 8. The maximum Gasteiger partial charge on any atom is 0.328 e. The molecule has 29 heavy (non-hydrogen) atoms. The van der Waals surface area contributed by atoms with E-state index in [4.69, 9.17) is 19.6 Å². The van der Waals surface area contributed by atoms with Gasteiger partial charge >= 0.3 is 11.9 Å². The van der Waals surface area contributed by atoms with Gasteiger partial charge in [-0.3, -0.25) is 15.0 Å². The van der Waals surface area contributed by atoms with Gasteiger partial charge in [0.05, 0.1) is 26.4 Å². The largest absolute Gasteiger partial charge is 0.480 e. The summed E-state index contributed by atoms with van der Waals surface area (Å²) in [5.41, 5.74) is 1.07. The van der Waals surface area contributed by atoms with Gasteiger partial charge in [-0.05, 0) is 51.5 Å². The van der Waals surface area contributed by atoms with Gasteiger partial charge in [-0.25, -0.2) is 4.79 Å². The number of hydrogen-bond donors (Lipinski definition) is 3. The van der Waals surface area contributed by atoms with Crippen molar-refractivity contribution in [1.82, 2.24) is 5.32 Å². The zero-order valence-electron chi connectivity index (χ0n) is 17.1. The van der Waals surface area contributed by atoms with E-state index in [-0.39, 0.29) is 38.5 Å². The van der Waals surface area contributed by atoms with Gasteiger partial charge in [-0.15, -0.1) is 0 Å². The molecule has 0 aliphatic carbocycles. The number of esters is 2. The molecule has 160 valence electrons. The van der Waals surface area contributed by atoms with Crippen molar-refractivity contribution in [2.75, 3.05) is 31.7 Å². The van der Waals surface area contributed by atoms with Gasteiger partial charge in [0.1, 0.15) is 6.04 Å². The average Bonchev–Trinajstić information content (AvgIpc) is 2.70. The van der Waals surface area contributed by atoms with Gasteiger partial charge in [0, 0.05) is 17.7 Å². The van der Waals surface area contributed by atoms with E-state index in [1.165, 1.54) is 0 Å². The average molecular weight is 407 g/mol. The van der Waals surface area contributed by atoms with E-state index < -0.39 is 23.9 Å². The molecule has 0 radical (unpaired) electrons. The van der Waals surface area contributed by atoms with Gasteiger partial charge in [-0.2, -0.15) is 0 Å². The second-order valence-corrected chi connectivity index (χ2v) is 5.91. The van der Waals surface area contributed by atoms with Crippen molar-refractivity contribution in [3.05, 3.63) is 29.8 Å². The van der Waals surface area contributed by atoms with E-state index >= 15 is 0 Å². The lowest BCUT2D eigenvalue weighted by Crippen LogP contribution is -2.42. The molecule has 0 aliphatic heterocycles. The molecule has 0 bridgehead atoms. The molecule has 0 saturated carbocycles. The van der Waals surface area contributed by atoms with Crippen LogP contribution in [0.15, 0.2) is 24.3 Å². The van der Waals surface area contributed by atoms with Crippen molar-refractivity contribution < 1.29 is 28.6 Å². The van der Waals surface area contributed by atoms with Crippen molar-refractivity contribution in [3.8, 4) is 0 Å². The molecule has 3 N–H and O–H groups in total. The van der Waals surface area contributed by atoms with E-state index in [2.05, 4.69) is 10.6 Å². The second kappa shape index (κ2) is 13.1. The van der Waals surface area contributed by atoms with Gasteiger partial charge < -0.3 is 24.8 Å². The Morgan fingerprint density at radius 2 is 1.59 bits per heavy atom. The number of amides is 1. The molecule has 1 atom stereocenters. The Hall–Kier alpha value is -3.10. The van der Waals surface area contributed by atoms with Gasteiger partial charge in [0.25, 0.3) is 5.91 Å². The number of ether oxygens (including phenoxy) is 3. The molecule has 1 aromatic carbocycles. The molecule has 0 heterocycles. The summed E-state index contributed by atoms with van der Waals surface area (Å²) in [7, 11) is 0. The van der Waals surface area contributed by atoms with E-state index in [0.29, 0.717) is 12.2 Å². The molecule has 1 rings (SSSR count). The summed E-state index contributed by atoms with van der Waals surface area (Å²) < 4.78 is 14.9. The number of anilines is 1. The summed E-state index contributed by atoms with van der Waals surface area (Å²) in [5.74, 6) is -1.38. The molecular weight excluding hydrogens is 378 g/mol. The SMILES string of the molecule is CCOC(=N)CNc1ccc(C(=O)NC(CCC(=O)OCC)C(=O)OCC)cc1. The fourth-order valence-electron chi connectivity index (χ4n) is 2.38. The zero-order chi connectivity index (χ0) is 21.6. The molecule has 9 heteroatoms. The predicted octanol–water partition coefficient (Wildman–Crippen LogP) is 2.12. The highest BCUT2D eigenvalue weighted by Gasteiger charge is 2.24. The minimum atomic E-state index is -0.948. The third-order valence-corrected chi connectivity index (χ3v) is 3.74. The zero-order valence-corrected chi connectivity index (χ0v) is 17.1. The van der Waals surface area contributed by atoms with Crippen LogP contribution in [-0.4, -0.2) is 56.2 Å². The first-order valence-corrected chi connectivity index (χ1v) is 9.58. The Kier molecular flexibility index (Phi) is 10.8. The number of carbonyl (C=O) groups is 3. The van der Waals surface area contributed by atoms with Gasteiger partial charge in [0.15, 0.2) is 5.90 Å². The Morgan fingerprint density at radius 3 is 2.17 bits per heavy atom. The Morgan fingerprint density at radius 1 is 0.966 bits per heavy atom. The fraction of sp³-hybridized carbons (Fsp3) is 0.500. The van der Waals surface area contributed by atoms with Crippen LogP contribution in [0.3, 0.4) is 0 Å². The first kappa shape index (κ1) is 23.9. The molecule has 9 nitrogen and oxygen atoms in total. The first-order valence-electron chi connectivity index (χ1n) is 9.58. The molecule has 0 spiro atoms. The number of rotatable bonds is 12. The lowest BCUT2D eigenvalue weighted by atomic mass is 10.1. The minimum absolute atomic E-state index is 0.00769. The summed E-state index contributed by atoms with van der Waals surface area (Å²) in [5, 5.41) is 13.2. The van der Waals surface area contributed by atoms with E-state index in [0.717, 1.165) is 5.69 Å². The highest BCUT2D eigenvalue weighted by atomic mass is 16.5. The molecule has 1 unspecified atom stereocenters. The Labute approximate surface area is 170 Å². The maximum atomic E-state index is 12.5. The number of carbonyl (C=O) groups excluding carboxylic acids is 3. The van der Waals surface area contributed by atoms with E-state index in [1.54, 1.807) is 45.0 Å². The summed E-state index contributed by atoms with van der Waals surface area (Å²) in [6.45, 7) is 6.25. The molecule has 1 amide bonds. The van der Waals surface area contributed by atoms with Crippen LogP contribution in [0.2, 0.25) is 0 Å². The van der Waals surface area contributed by atoms with Crippen LogP contribution in [-0.2, 0) is 23.8 Å². The molecule has 0 saturated heterocycles. The highest BCUT2D eigenvalue weighted by Crippen LogP contribution is 2.11. The summed E-state index contributed by atoms with van der Waals surface area (Å²) in [6.07, 6.45) is 0.0782. The molecule has 1 aromatic rings. The maximum absolute atomic E-state index is 12.5. The van der Waals surface area contributed by atoms with Crippen LogP contribution < -0.4 is 10.6 Å². The quantitative estimate of drug-likeness (QED) is 0.275. The smallest absolute Gasteiger partial charge is 0.328 e. The van der Waals surface area contributed by atoms with Crippen LogP contribution in [0.1, 0.15) is 44.0 Å².